The summed E-state index contributed by atoms with van der Waals surface area (Å²) in [6.45, 7) is 2.32. The quantitative estimate of drug-likeness (QED) is 0.856. The molecule has 6 heteroatoms. The molecule has 1 saturated heterocycles. The van der Waals surface area contributed by atoms with Gasteiger partial charge in [0.2, 0.25) is 0 Å². The molecule has 1 aromatic heterocycles. The zero-order valence-electron chi connectivity index (χ0n) is 10.5. The molecule has 5 nitrogen and oxygen atoms in total. The minimum Gasteiger partial charge on any atom is -0.368 e. The maximum absolute atomic E-state index is 12.0. The van der Waals surface area contributed by atoms with Crippen molar-refractivity contribution in [1.29, 1.82) is 5.26 Å². The highest BCUT2D eigenvalue weighted by Gasteiger charge is 2.27. The van der Waals surface area contributed by atoms with E-state index >= 15 is 0 Å². The van der Waals surface area contributed by atoms with Crippen LogP contribution in [-0.2, 0) is 22.5 Å². The number of rotatable bonds is 2. The molecule has 2 N–H and O–H groups in total. The van der Waals surface area contributed by atoms with Crippen molar-refractivity contribution in [3.63, 3.8) is 0 Å². The van der Waals surface area contributed by atoms with E-state index in [1.54, 1.807) is 0 Å². The Morgan fingerprint density at radius 3 is 3.21 bits per heavy atom. The average molecular weight is 277 g/mol. The van der Waals surface area contributed by atoms with Crippen molar-refractivity contribution in [3.8, 4) is 6.07 Å². The van der Waals surface area contributed by atoms with Gasteiger partial charge in [0.15, 0.2) is 0 Å². The molecule has 19 heavy (non-hydrogen) atoms. The molecule has 0 aromatic carbocycles. The molecule has 3 rings (SSSR count). The van der Waals surface area contributed by atoms with Crippen molar-refractivity contribution in [2.45, 2.75) is 31.9 Å². The van der Waals surface area contributed by atoms with Crippen LogP contribution in [0.15, 0.2) is 0 Å². The van der Waals surface area contributed by atoms with Gasteiger partial charge in [-0.05, 0) is 31.4 Å². The molecule has 1 amide bonds. The van der Waals surface area contributed by atoms with Gasteiger partial charge < -0.3 is 15.4 Å². The Kier molecular flexibility index (Phi) is 3.51. The number of fused-ring (bicyclic) bond motifs is 1. The van der Waals surface area contributed by atoms with E-state index < -0.39 is 0 Å². The Morgan fingerprint density at radius 2 is 2.47 bits per heavy atom. The minimum absolute atomic E-state index is 0.124. The number of nitriles is 1. The normalized spacial score (nSPS) is 21.7. The molecule has 1 fully saturated rings. The Bertz CT molecular complexity index is 541. The molecular formula is C13H15N3O2S. The third-order valence-corrected chi connectivity index (χ3v) is 4.65. The summed E-state index contributed by atoms with van der Waals surface area (Å²) in [6, 6.07) is 2.23. The lowest BCUT2D eigenvalue weighted by molar-refractivity contribution is -0.124. The predicted molar refractivity (Wildman–Crippen MR) is 72.0 cm³/mol. The fourth-order valence-corrected chi connectivity index (χ4v) is 3.69. The van der Waals surface area contributed by atoms with Crippen molar-refractivity contribution in [1.82, 2.24) is 5.32 Å². The first-order chi connectivity index (χ1) is 9.29. The maximum atomic E-state index is 12.0. The number of ether oxygens (including phenoxy) is 1. The molecule has 1 atom stereocenters. The zero-order valence-corrected chi connectivity index (χ0v) is 11.3. The summed E-state index contributed by atoms with van der Waals surface area (Å²) >= 11 is 1.50. The molecular weight excluding hydrogens is 262 g/mol. The van der Waals surface area contributed by atoms with Crippen LogP contribution in [0, 0.1) is 11.3 Å². The van der Waals surface area contributed by atoms with Gasteiger partial charge in [-0.1, -0.05) is 0 Å². The van der Waals surface area contributed by atoms with E-state index in [0.29, 0.717) is 17.2 Å². The number of hydrogen-bond donors (Lipinski definition) is 2. The lowest BCUT2D eigenvalue weighted by Crippen LogP contribution is -2.26. The minimum atomic E-state index is -0.358. The van der Waals surface area contributed by atoms with E-state index in [-0.39, 0.29) is 12.0 Å². The second-order valence-corrected chi connectivity index (χ2v) is 5.84. The molecule has 3 heterocycles. The highest BCUT2D eigenvalue weighted by atomic mass is 32.1. The lowest BCUT2D eigenvalue weighted by Gasteiger charge is -2.11. The van der Waals surface area contributed by atoms with Crippen molar-refractivity contribution < 1.29 is 9.53 Å². The first-order valence-corrected chi connectivity index (χ1v) is 7.29. The van der Waals surface area contributed by atoms with Gasteiger partial charge in [-0.25, -0.2) is 0 Å². The second kappa shape index (κ2) is 5.29. The zero-order chi connectivity index (χ0) is 13.2. The fourth-order valence-electron chi connectivity index (χ4n) is 2.52. The number of amides is 1. The molecule has 0 saturated carbocycles. The smallest absolute Gasteiger partial charge is 0.254 e. The first-order valence-electron chi connectivity index (χ1n) is 6.47. The molecule has 0 aliphatic carbocycles. The monoisotopic (exact) mass is 277 g/mol. The van der Waals surface area contributed by atoms with Crippen molar-refractivity contribution >= 4 is 22.2 Å². The average Bonchev–Trinajstić information content (AvgIpc) is 3.05. The van der Waals surface area contributed by atoms with Gasteiger partial charge >= 0.3 is 0 Å². The summed E-state index contributed by atoms with van der Waals surface area (Å²) in [5.74, 6) is -0.124. The van der Waals surface area contributed by atoms with Crippen LogP contribution in [0.5, 0.6) is 0 Å². The van der Waals surface area contributed by atoms with Crippen LogP contribution >= 0.6 is 11.3 Å². The van der Waals surface area contributed by atoms with Crippen molar-refractivity contribution in [3.05, 3.63) is 16.0 Å². The molecule has 2 aliphatic heterocycles. The van der Waals surface area contributed by atoms with Crippen LogP contribution in [0.3, 0.4) is 0 Å². The molecule has 0 unspecified atom stereocenters. The predicted octanol–water partition coefficient (Wildman–Crippen LogP) is 1.38. The van der Waals surface area contributed by atoms with Crippen LogP contribution in [0.1, 0.15) is 28.8 Å². The third-order valence-electron chi connectivity index (χ3n) is 3.50. The number of nitrogens with one attached hydrogen (secondary N) is 2. The number of carbonyl (C=O) groups excluding carboxylic acids is 1. The van der Waals surface area contributed by atoms with Gasteiger partial charge in [0.05, 0.1) is 5.56 Å². The standard InChI is InChI=1S/C13H15N3O2S/c14-6-9-8-3-4-15-7-11(8)19-13(9)16-12(17)10-2-1-5-18-10/h10,15H,1-5,7H2,(H,16,17)/t10-/m0/s1. The number of anilines is 1. The summed E-state index contributed by atoms with van der Waals surface area (Å²) in [7, 11) is 0. The Morgan fingerprint density at radius 1 is 1.58 bits per heavy atom. The fraction of sp³-hybridized carbons (Fsp3) is 0.538. The van der Waals surface area contributed by atoms with Crippen LogP contribution in [0.25, 0.3) is 0 Å². The van der Waals surface area contributed by atoms with Gasteiger partial charge in [0.1, 0.15) is 17.2 Å². The SMILES string of the molecule is N#Cc1c(NC(=O)[C@@H]2CCCO2)sc2c1CCNC2. The summed E-state index contributed by atoms with van der Waals surface area (Å²) in [6.07, 6.45) is 2.18. The number of hydrogen-bond acceptors (Lipinski definition) is 5. The molecule has 2 aliphatic rings. The summed E-state index contributed by atoms with van der Waals surface area (Å²) in [5.41, 5.74) is 1.72. The molecule has 0 spiro atoms. The number of carbonyl (C=O) groups is 1. The Labute approximate surface area is 115 Å². The van der Waals surface area contributed by atoms with E-state index in [9.17, 15) is 10.1 Å². The Balaban J connectivity index is 1.82. The lowest BCUT2D eigenvalue weighted by atomic mass is 10.1. The highest BCUT2D eigenvalue weighted by Crippen LogP contribution is 2.35. The largest absolute Gasteiger partial charge is 0.368 e. The van der Waals surface area contributed by atoms with Crippen molar-refractivity contribution in [2.24, 2.45) is 0 Å². The van der Waals surface area contributed by atoms with E-state index in [1.165, 1.54) is 11.3 Å². The molecule has 0 bridgehead atoms. The Hall–Kier alpha value is -1.42. The van der Waals surface area contributed by atoms with Crippen LogP contribution in [0.2, 0.25) is 0 Å². The van der Waals surface area contributed by atoms with Crippen LogP contribution in [-0.4, -0.2) is 25.2 Å². The number of nitrogens with zero attached hydrogens (tertiary/aromatic N) is 1. The summed E-state index contributed by atoms with van der Waals surface area (Å²) in [5, 5.41) is 16.1. The van der Waals surface area contributed by atoms with Gasteiger partial charge in [-0.15, -0.1) is 11.3 Å². The van der Waals surface area contributed by atoms with Crippen molar-refractivity contribution in [2.75, 3.05) is 18.5 Å². The van der Waals surface area contributed by atoms with Gasteiger partial charge in [0.25, 0.3) is 5.91 Å². The van der Waals surface area contributed by atoms with Crippen LogP contribution in [0.4, 0.5) is 5.00 Å². The third kappa shape index (κ3) is 2.37. The van der Waals surface area contributed by atoms with E-state index in [0.717, 1.165) is 42.8 Å². The van der Waals surface area contributed by atoms with E-state index in [4.69, 9.17) is 4.74 Å². The summed E-state index contributed by atoms with van der Waals surface area (Å²) < 4.78 is 5.36. The number of thiophene rings is 1. The topological polar surface area (TPSA) is 74.2 Å². The van der Waals surface area contributed by atoms with Gasteiger partial charge in [-0.2, -0.15) is 5.26 Å². The molecule has 100 valence electrons. The van der Waals surface area contributed by atoms with Gasteiger partial charge in [-0.3, -0.25) is 4.79 Å². The van der Waals surface area contributed by atoms with Crippen LogP contribution < -0.4 is 10.6 Å². The second-order valence-electron chi connectivity index (χ2n) is 4.74. The molecule has 1 aromatic rings. The molecule has 0 radical (unpaired) electrons. The first kappa shape index (κ1) is 12.6. The highest BCUT2D eigenvalue weighted by molar-refractivity contribution is 7.16. The van der Waals surface area contributed by atoms with E-state index in [2.05, 4.69) is 16.7 Å². The van der Waals surface area contributed by atoms with Gasteiger partial charge in [0, 0.05) is 18.0 Å². The van der Waals surface area contributed by atoms with E-state index in [1.807, 2.05) is 0 Å². The summed E-state index contributed by atoms with van der Waals surface area (Å²) in [4.78, 5) is 13.2. The maximum Gasteiger partial charge on any atom is 0.254 e.